The van der Waals surface area contributed by atoms with Crippen LogP contribution in [0.4, 0.5) is 0 Å². The van der Waals surface area contributed by atoms with E-state index in [0.29, 0.717) is 25.6 Å². The van der Waals surface area contributed by atoms with Crippen LogP contribution in [0.3, 0.4) is 0 Å². The van der Waals surface area contributed by atoms with Crippen LogP contribution in [0.1, 0.15) is 25.3 Å². The van der Waals surface area contributed by atoms with Gasteiger partial charge in [-0.2, -0.15) is 17.4 Å². The summed E-state index contributed by atoms with van der Waals surface area (Å²) in [6, 6.07) is 7.63. The molecular formula is C13H19BrN2O2S. The molecule has 19 heavy (non-hydrogen) atoms. The summed E-state index contributed by atoms with van der Waals surface area (Å²) in [4.78, 5) is 0. The molecule has 1 saturated heterocycles. The minimum absolute atomic E-state index is 0.314. The maximum absolute atomic E-state index is 12.2. The number of benzene rings is 1. The second-order valence-corrected chi connectivity index (χ2v) is 7.63. The highest BCUT2D eigenvalue weighted by molar-refractivity contribution is 9.10. The van der Waals surface area contributed by atoms with Crippen molar-refractivity contribution in [2.24, 2.45) is 5.92 Å². The molecule has 1 N–H and O–H groups in total. The van der Waals surface area contributed by atoms with Crippen LogP contribution < -0.4 is 4.72 Å². The Morgan fingerprint density at radius 3 is 2.84 bits per heavy atom. The first kappa shape index (κ1) is 15.0. The van der Waals surface area contributed by atoms with Gasteiger partial charge in [-0.05, 0) is 30.4 Å². The first-order chi connectivity index (χ1) is 8.99. The van der Waals surface area contributed by atoms with Crippen molar-refractivity contribution in [2.45, 2.75) is 26.3 Å². The fourth-order valence-electron chi connectivity index (χ4n) is 2.27. The van der Waals surface area contributed by atoms with Crippen LogP contribution in [0.25, 0.3) is 0 Å². The van der Waals surface area contributed by atoms with Crippen LogP contribution in [0.5, 0.6) is 0 Å². The minimum atomic E-state index is -3.37. The van der Waals surface area contributed by atoms with Crippen LogP contribution in [-0.4, -0.2) is 25.8 Å². The number of hydrogen-bond acceptors (Lipinski definition) is 2. The van der Waals surface area contributed by atoms with E-state index in [4.69, 9.17) is 0 Å². The lowest BCUT2D eigenvalue weighted by Crippen LogP contribution is -2.45. The SMILES string of the molecule is CC1CCCN(S(=O)(=O)NCc2ccccc2Br)C1. The van der Waals surface area contributed by atoms with Crippen molar-refractivity contribution in [1.82, 2.24) is 9.03 Å². The lowest BCUT2D eigenvalue weighted by Gasteiger charge is -2.30. The van der Waals surface area contributed by atoms with Gasteiger partial charge in [0.25, 0.3) is 10.2 Å². The van der Waals surface area contributed by atoms with E-state index >= 15 is 0 Å². The second kappa shape index (κ2) is 6.35. The van der Waals surface area contributed by atoms with Gasteiger partial charge >= 0.3 is 0 Å². The lowest BCUT2D eigenvalue weighted by atomic mass is 10.0. The van der Waals surface area contributed by atoms with Gasteiger partial charge in [0.1, 0.15) is 0 Å². The number of hydrogen-bond donors (Lipinski definition) is 1. The zero-order valence-electron chi connectivity index (χ0n) is 11.0. The van der Waals surface area contributed by atoms with Gasteiger partial charge in [-0.1, -0.05) is 41.1 Å². The molecule has 1 unspecified atom stereocenters. The molecule has 1 aliphatic heterocycles. The first-order valence-corrected chi connectivity index (χ1v) is 8.70. The molecule has 106 valence electrons. The standard InChI is InChI=1S/C13H19BrN2O2S/c1-11-5-4-8-16(10-11)19(17,18)15-9-12-6-2-3-7-13(12)14/h2-3,6-7,11,15H,4-5,8-10H2,1H3. The van der Waals surface area contributed by atoms with Crippen molar-refractivity contribution in [1.29, 1.82) is 0 Å². The Morgan fingerprint density at radius 2 is 2.16 bits per heavy atom. The molecular weight excluding hydrogens is 328 g/mol. The predicted octanol–water partition coefficient (Wildman–Crippen LogP) is 2.52. The van der Waals surface area contributed by atoms with Gasteiger partial charge in [0, 0.05) is 24.1 Å². The summed E-state index contributed by atoms with van der Waals surface area (Å²) in [5, 5.41) is 0. The van der Waals surface area contributed by atoms with Crippen LogP contribution in [0.15, 0.2) is 28.7 Å². The molecule has 1 aromatic carbocycles. The van der Waals surface area contributed by atoms with E-state index in [2.05, 4.69) is 27.6 Å². The molecule has 0 saturated carbocycles. The fourth-order valence-corrected chi connectivity index (χ4v) is 4.03. The van der Waals surface area contributed by atoms with Crippen molar-refractivity contribution < 1.29 is 8.42 Å². The van der Waals surface area contributed by atoms with Crippen LogP contribution in [0, 0.1) is 5.92 Å². The highest BCUT2D eigenvalue weighted by Gasteiger charge is 2.26. The second-order valence-electron chi connectivity index (χ2n) is 5.02. The zero-order chi connectivity index (χ0) is 13.9. The van der Waals surface area contributed by atoms with Gasteiger partial charge < -0.3 is 0 Å². The topological polar surface area (TPSA) is 49.4 Å². The van der Waals surface area contributed by atoms with Gasteiger partial charge in [0.15, 0.2) is 0 Å². The molecule has 0 aromatic heterocycles. The first-order valence-electron chi connectivity index (χ1n) is 6.47. The van der Waals surface area contributed by atoms with Gasteiger partial charge in [-0.3, -0.25) is 0 Å². The van der Waals surface area contributed by atoms with Crippen LogP contribution >= 0.6 is 15.9 Å². The molecule has 1 atom stereocenters. The lowest BCUT2D eigenvalue weighted by molar-refractivity contribution is 0.278. The number of piperidine rings is 1. The molecule has 1 fully saturated rings. The van der Waals surface area contributed by atoms with Crippen LogP contribution in [0.2, 0.25) is 0 Å². The molecule has 0 amide bonds. The third kappa shape index (κ3) is 4.02. The van der Waals surface area contributed by atoms with Crippen molar-refractivity contribution in [3.63, 3.8) is 0 Å². The Kier molecular flexibility index (Phi) is 5.00. The summed E-state index contributed by atoms with van der Waals surface area (Å²) in [7, 11) is -3.37. The van der Waals surface area contributed by atoms with E-state index < -0.39 is 10.2 Å². The van der Waals surface area contributed by atoms with E-state index in [0.717, 1.165) is 22.9 Å². The number of halogens is 1. The summed E-state index contributed by atoms with van der Waals surface area (Å²) < 4.78 is 29.6. The van der Waals surface area contributed by atoms with Crippen molar-refractivity contribution in [2.75, 3.05) is 13.1 Å². The van der Waals surface area contributed by atoms with E-state index in [9.17, 15) is 8.42 Å². The van der Waals surface area contributed by atoms with Crippen molar-refractivity contribution in [3.05, 3.63) is 34.3 Å². The summed E-state index contributed by atoms with van der Waals surface area (Å²) in [5.41, 5.74) is 0.941. The molecule has 0 bridgehead atoms. The Labute approximate surface area is 123 Å². The maximum atomic E-state index is 12.2. The van der Waals surface area contributed by atoms with Crippen molar-refractivity contribution >= 4 is 26.1 Å². The molecule has 0 aliphatic carbocycles. The molecule has 6 heteroatoms. The average molecular weight is 347 g/mol. The highest BCUT2D eigenvalue weighted by Crippen LogP contribution is 2.19. The quantitative estimate of drug-likeness (QED) is 0.910. The van der Waals surface area contributed by atoms with E-state index in [-0.39, 0.29) is 0 Å². The number of nitrogens with one attached hydrogen (secondary N) is 1. The smallest absolute Gasteiger partial charge is 0.198 e. The fraction of sp³-hybridized carbons (Fsp3) is 0.538. The third-order valence-corrected chi connectivity index (χ3v) is 5.66. The molecule has 0 spiro atoms. The highest BCUT2D eigenvalue weighted by atomic mass is 79.9. The Morgan fingerprint density at radius 1 is 1.42 bits per heavy atom. The molecule has 2 rings (SSSR count). The Balaban J connectivity index is 2.00. The van der Waals surface area contributed by atoms with Gasteiger partial charge in [0.05, 0.1) is 0 Å². The molecule has 4 nitrogen and oxygen atoms in total. The van der Waals surface area contributed by atoms with E-state index in [1.54, 1.807) is 4.31 Å². The summed E-state index contributed by atoms with van der Waals surface area (Å²) >= 11 is 3.42. The Bertz CT molecular complexity index is 533. The van der Waals surface area contributed by atoms with Gasteiger partial charge in [-0.15, -0.1) is 0 Å². The average Bonchev–Trinajstić information content (AvgIpc) is 2.38. The molecule has 1 heterocycles. The van der Waals surface area contributed by atoms with Crippen molar-refractivity contribution in [3.8, 4) is 0 Å². The largest absolute Gasteiger partial charge is 0.279 e. The zero-order valence-corrected chi connectivity index (χ0v) is 13.4. The molecule has 1 aliphatic rings. The van der Waals surface area contributed by atoms with Crippen LogP contribution in [-0.2, 0) is 16.8 Å². The molecule has 1 aromatic rings. The maximum Gasteiger partial charge on any atom is 0.279 e. The monoisotopic (exact) mass is 346 g/mol. The van der Waals surface area contributed by atoms with Gasteiger partial charge in [0.2, 0.25) is 0 Å². The number of rotatable bonds is 4. The van der Waals surface area contributed by atoms with Gasteiger partial charge in [-0.25, -0.2) is 0 Å². The molecule has 0 radical (unpaired) electrons. The summed E-state index contributed by atoms with van der Waals surface area (Å²) in [6.07, 6.45) is 2.05. The minimum Gasteiger partial charge on any atom is -0.198 e. The normalized spacial score (nSPS) is 21.5. The van der Waals surface area contributed by atoms with E-state index in [1.165, 1.54) is 0 Å². The van der Waals surface area contributed by atoms with E-state index in [1.807, 2.05) is 24.3 Å². The predicted molar refractivity (Wildman–Crippen MR) is 79.9 cm³/mol. The summed E-state index contributed by atoms with van der Waals surface area (Å²) in [6.45, 7) is 3.64. The summed E-state index contributed by atoms with van der Waals surface area (Å²) in [5.74, 6) is 0.439. The number of nitrogens with zero attached hydrogens (tertiary/aromatic N) is 1. The Hall–Kier alpha value is -0.430. The third-order valence-electron chi connectivity index (χ3n) is 3.36.